The van der Waals surface area contributed by atoms with Gasteiger partial charge >= 0.3 is 0 Å². The number of hydrogen-bond donors (Lipinski definition) is 1. The molecule has 0 aliphatic carbocycles. The first kappa shape index (κ1) is 22.2. The first-order valence-corrected chi connectivity index (χ1v) is 10.8. The van der Waals surface area contributed by atoms with Gasteiger partial charge in [0.1, 0.15) is 17.1 Å². The lowest BCUT2D eigenvalue weighted by Gasteiger charge is -2.11. The van der Waals surface area contributed by atoms with E-state index in [9.17, 15) is 9.59 Å². The Bertz CT molecular complexity index is 1330. The highest BCUT2D eigenvalue weighted by atomic mass is 32.1. The van der Waals surface area contributed by atoms with Gasteiger partial charge in [-0.05, 0) is 42.5 Å². The van der Waals surface area contributed by atoms with Crippen LogP contribution < -0.4 is 19.5 Å². The van der Waals surface area contributed by atoms with Crippen molar-refractivity contribution in [3.8, 4) is 28.5 Å². The molecule has 4 aromatic rings. The number of Topliss-reactive ketones (excluding diaryl/α,β-unsaturated/α-hetero) is 1. The zero-order valence-electron chi connectivity index (χ0n) is 18.2. The lowest BCUT2D eigenvalue weighted by atomic mass is 10.1. The molecule has 8 nitrogen and oxygen atoms in total. The minimum Gasteiger partial charge on any atom is -0.494 e. The van der Waals surface area contributed by atoms with Crippen molar-refractivity contribution in [1.82, 2.24) is 15.3 Å². The number of ketones is 1. The van der Waals surface area contributed by atoms with Crippen LogP contribution in [0.25, 0.3) is 21.5 Å². The molecule has 9 heteroatoms. The Morgan fingerprint density at radius 1 is 0.909 bits per heavy atom. The van der Waals surface area contributed by atoms with Crippen LogP contribution in [0.5, 0.6) is 17.2 Å². The van der Waals surface area contributed by atoms with Crippen LogP contribution in [0.2, 0.25) is 0 Å². The van der Waals surface area contributed by atoms with Crippen molar-refractivity contribution in [2.75, 3.05) is 27.9 Å². The molecule has 2 heterocycles. The van der Waals surface area contributed by atoms with Crippen LogP contribution in [-0.4, -0.2) is 49.5 Å². The van der Waals surface area contributed by atoms with Crippen molar-refractivity contribution < 1.29 is 23.8 Å². The highest BCUT2D eigenvalue weighted by molar-refractivity contribution is 7.16. The van der Waals surface area contributed by atoms with E-state index in [1.165, 1.54) is 14.2 Å². The highest BCUT2D eigenvalue weighted by Crippen LogP contribution is 2.31. The third kappa shape index (κ3) is 4.63. The van der Waals surface area contributed by atoms with Gasteiger partial charge in [-0.2, -0.15) is 0 Å². The summed E-state index contributed by atoms with van der Waals surface area (Å²) in [6, 6.07) is 13.8. The molecule has 0 fully saturated rings. The number of pyridine rings is 1. The molecule has 0 atom stereocenters. The largest absolute Gasteiger partial charge is 0.494 e. The highest BCUT2D eigenvalue weighted by Gasteiger charge is 2.17. The fourth-order valence-electron chi connectivity index (χ4n) is 3.31. The maximum Gasteiger partial charge on any atom is 0.251 e. The van der Waals surface area contributed by atoms with Gasteiger partial charge in [0.25, 0.3) is 5.91 Å². The number of carbonyl (C=O) groups excluding carboxylic acids is 2. The molecule has 1 N–H and O–H groups in total. The molecule has 0 radical (unpaired) electrons. The van der Waals surface area contributed by atoms with Gasteiger partial charge in [0.05, 0.1) is 43.6 Å². The first-order valence-electron chi connectivity index (χ1n) is 9.96. The molecule has 33 heavy (non-hydrogen) atoms. The third-order valence-corrected chi connectivity index (χ3v) is 5.83. The second-order valence-corrected chi connectivity index (χ2v) is 7.84. The van der Waals surface area contributed by atoms with Gasteiger partial charge in [-0.1, -0.05) is 6.07 Å². The average Bonchev–Trinajstić information content (AvgIpc) is 3.34. The Kier molecular flexibility index (Phi) is 6.50. The maximum absolute atomic E-state index is 12.8. The molecule has 0 spiro atoms. The van der Waals surface area contributed by atoms with Crippen LogP contribution in [0.1, 0.15) is 20.8 Å². The lowest BCUT2D eigenvalue weighted by molar-refractivity contribution is 0.0902. The summed E-state index contributed by atoms with van der Waals surface area (Å²) < 4.78 is 16.9. The molecule has 0 bridgehead atoms. The van der Waals surface area contributed by atoms with E-state index in [-0.39, 0.29) is 18.0 Å². The van der Waals surface area contributed by atoms with Gasteiger partial charge in [0.15, 0.2) is 17.3 Å². The smallest absolute Gasteiger partial charge is 0.251 e. The summed E-state index contributed by atoms with van der Waals surface area (Å²) in [5, 5.41) is 2.63. The molecule has 0 unspecified atom stereocenters. The Morgan fingerprint density at radius 3 is 2.42 bits per heavy atom. The first-order chi connectivity index (χ1) is 16.0. The summed E-state index contributed by atoms with van der Waals surface area (Å²) in [5.74, 6) is 0.732. The number of benzene rings is 2. The van der Waals surface area contributed by atoms with Gasteiger partial charge < -0.3 is 19.5 Å². The molecule has 1 amide bonds. The number of hydrogen-bond acceptors (Lipinski definition) is 8. The summed E-state index contributed by atoms with van der Waals surface area (Å²) in [4.78, 5) is 34.2. The number of nitrogens with zero attached hydrogens (tertiary/aromatic N) is 2. The van der Waals surface area contributed by atoms with Crippen molar-refractivity contribution in [3.05, 3.63) is 65.3 Å². The molecule has 0 saturated carbocycles. The second-order valence-electron chi connectivity index (χ2n) is 6.96. The van der Waals surface area contributed by atoms with Crippen molar-refractivity contribution in [1.29, 1.82) is 0 Å². The standard InChI is InChI=1S/C24H21N3O5S/c1-30-19-7-4-15(11-21(19)32-3)24(29)25-12-18(28)16-6-8-20(31-2)23(27-16)14-5-9-22-17(10-14)26-13-33-22/h4-11,13H,12H2,1-3H3,(H,25,29). The SMILES string of the molecule is COc1ccc(C(=O)NCC(=O)c2ccc(OC)c(-c3ccc4scnc4c3)n2)cc1OC. The number of nitrogens with one attached hydrogen (secondary N) is 1. The van der Waals surface area contributed by atoms with Crippen LogP contribution in [0.4, 0.5) is 0 Å². The number of methoxy groups -OCH3 is 3. The Morgan fingerprint density at radius 2 is 1.67 bits per heavy atom. The normalized spacial score (nSPS) is 10.6. The molecule has 2 aromatic carbocycles. The summed E-state index contributed by atoms with van der Waals surface area (Å²) in [7, 11) is 4.55. The Balaban J connectivity index is 1.52. The van der Waals surface area contributed by atoms with E-state index in [1.807, 2.05) is 18.2 Å². The monoisotopic (exact) mass is 463 g/mol. The molecule has 4 rings (SSSR count). The summed E-state index contributed by atoms with van der Waals surface area (Å²) in [6.07, 6.45) is 0. The fraction of sp³-hybridized carbons (Fsp3) is 0.167. The van der Waals surface area contributed by atoms with Gasteiger partial charge in [-0.15, -0.1) is 11.3 Å². The quantitative estimate of drug-likeness (QED) is 0.394. The van der Waals surface area contributed by atoms with Crippen LogP contribution in [-0.2, 0) is 0 Å². The maximum atomic E-state index is 12.8. The minimum absolute atomic E-state index is 0.211. The van der Waals surface area contributed by atoms with Crippen LogP contribution in [0.15, 0.2) is 54.0 Å². The number of aromatic nitrogens is 2. The van der Waals surface area contributed by atoms with E-state index >= 15 is 0 Å². The van der Waals surface area contributed by atoms with E-state index in [1.54, 1.807) is 54.3 Å². The number of thiazole rings is 1. The van der Waals surface area contributed by atoms with Crippen molar-refractivity contribution in [2.45, 2.75) is 0 Å². The molecule has 168 valence electrons. The predicted molar refractivity (Wildman–Crippen MR) is 126 cm³/mol. The van der Waals surface area contributed by atoms with Crippen molar-refractivity contribution in [3.63, 3.8) is 0 Å². The van der Waals surface area contributed by atoms with Crippen molar-refractivity contribution >= 4 is 33.2 Å². The molecule has 0 aliphatic rings. The number of ether oxygens (including phenoxy) is 3. The van der Waals surface area contributed by atoms with Crippen LogP contribution >= 0.6 is 11.3 Å². The third-order valence-electron chi connectivity index (χ3n) is 5.02. The van der Waals surface area contributed by atoms with Gasteiger partial charge in [-0.25, -0.2) is 9.97 Å². The molecule has 2 aromatic heterocycles. The van der Waals surface area contributed by atoms with E-state index in [4.69, 9.17) is 14.2 Å². The van der Waals surface area contributed by atoms with E-state index in [2.05, 4.69) is 15.3 Å². The number of carbonyl (C=O) groups is 2. The molecular formula is C24H21N3O5S. The summed E-state index contributed by atoms with van der Waals surface area (Å²) in [6.45, 7) is -0.211. The fourth-order valence-corrected chi connectivity index (χ4v) is 3.97. The minimum atomic E-state index is -0.410. The molecule has 0 saturated heterocycles. The zero-order valence-corrected chi connectivity index (χ0v) is 19.1. The molecule has 0 aliphatic heterocycles. The molecular weight excluding hydrogens is 442 g/mol. The summed E-state index contributed by atoms with van der Waals surface area (Å²) in [5.41, 5.74) is 4.51. The van der Waals surface area contributed by atoms with Crippen molar-refractivity contribution in [2.24, 2.45) is 0 Å². The predicted octanol–water partition coefficient (Wildman–Crippen LogP) is 4.00. The lowest BCUT2D eigenvalue weighted by Crippen LogP contribution is -2.30. The zero-order chi connectivity index (χ0) is 23.4. The van der Waals surface area contributed by atoms with Crippen LogP contribution in [0, 0.1) is 0 Å². The second kappa shape index (κ2) is 9.66. The summed E-state index contributed by atoms with van der Waals surface area (Å²) >= 11 is 1.55. The number of rotatable bonds is 8. The Labute approximate surface area is 194 Å². The Hall–Kier alpha value is -3.98. The van der Waals surface area contributed by atoms with E-state index in [0.29, 0.717) is 28.5 Å². The topological polar surface area (TPSA) is 99.6 Å². The van der Waals surface area contributed by atoms with E-state index < -0.39 is 5.91 Å². The van der Waals surface area contributed by atoms with Gasteiger partial charge in [-0.3, -0.25) is 9.59 Å². The number of fused-ring (bicyclic) bond motifs is 1. The van der Waals surface area contributed by atoms with Gasteiger partial charge in [0, 0.05) is 11.1 Å². The van der Waals surface area contributed by atoms with Gasteiger partial charge in [0.2, 0.25) is 0 Å². The van der Waals surface area contributed by atoms with Crippen LogP contribution in [0.3, 0.4) is 0 Å². The average molecular weight is 464 g/mol. The van der Waals surface area contributed by atoms with E-state index in [0.717, 1.165) is 15.8 Å². The number of amides is 1.